The van der Waals surface area contributed by atoms with Crippen LogP contribution in [0, 0.1) is 0 Å². The molecule has 0 aliphatic carbocycles. The molecule has 0 aliphatic heterocycles. The molecule has 0 bridgehead atoms. The maximum absolute atomic E-state index is 10.1. The van der Waals surface area contributed by atoms with E-state index in [-0.39, 0.29) is 31.1 Å². The number of rotatable bonds is 2. The third kappa shape index (κ3) is 9.52. The molecule has 0 aromatic heterocycles. The fourth-order valence-corrected chi connectivity index (χ4v) is 0.405. The summed E-state index contributed by atoms with van der Waals surface area (Å²) in [5.74, 6) is -0.0255. The molecule has 0 radical (unpaired) electrons. The van der Waals surface area contributed by atoms with Crippen LogP contribution in [0.25, 0.3) is 0 Å². The number of Topliss-reactive ketones (excluding diaryl/α,β-unsaturated/α-hetero) is 1. The van der Waals surface area contributed by atoms with Gasteiger partial charge in [0.1, 0.15) is 5.78 Å². The Labute approximate surface area is 61.5 Å². The Kier molecular flexibility index (Phi) is 7.43. The maximum Gasteiger partial charge on any atom is 1.00 e. The van der Waals surface area contributed by atoms with Gasteiger partial charge in [-0.1, -0.05) is 6.92 Å². The van der Waals surface area contributed by atoms with Gasteiger partial charge in [0.15, 0.2) is 0 Å². The predicted octanol–water partition coefficient (Wildman–Crippen LogP) is -3.28. The van der Waals surface area contributed by atoms with Crippen LogP contribution in [0.5, 0.6) is 0 Å². The maximum atomic E-state index is 10.1. The summed E-state index contributed by atoms with van der Waals surface area (Å²) in [5.41, 5.74) is 0. The number of hydrogen-bond donors (Lipinski definition) is 0. The van der Waals surface area contributed by atoms with Crippen LogP contribution in [0.2, 0.25) is 0 Å². The number of carbonyl (C=O) groups excluding carboxylic acids is 1. The van der Waals surface area contributed by atoms with Crippen molar-refractivity contribution in [2.75, 3.05) is 0 Å². The summed E-state index contributed by atoms with van der Waals surface area (Å²) in [6.45, 7) is 2.91. The minimum atomic E-state index is -0.725. The fraction of sp³-hybridized carbons (Fsp3) is 0.800. The largest absolute Gasteiger partial charge is 1.00 e. The Morgan fingerprint density at radius 2 is 2.12 bits per heavy atom. The van der Waals surface area contributed by atoms with E-state index in [9.17, 15) is 9.90 Å². The molecular formula is C5H9LiO2. The van der Waals surface area contributed by atoms with Crippen LogP contribution in [0.15, 0.2) is 0 Å². The van der Waals surface area contributed by atoms with Crippen LogP contribution in [0.3, 0.4) is 0 Å². The summed E-state index contributed by atoms with van der Waals surface area (Å²) in [5, 5.41) is 10.1. The standard InChI is InChI=1S/C5H9O2.Li/c1-4(6)3-5(2)7;/h4H,3H2,1-2H3;/q-1;+1. The van der Waals surface area contributed by atoms with Gasteiger partial charge in [-0.05, 0) is 13.3 Å². The Bertz CT molecular complexity index is 70.8. The first-order chi connectivity index (χ1) is 3.13. The first kappa shape index (κ1) is 11.1. The molecule has 3 heteroatoms. The van der Waals surface area contributed by atoms with Crippen LogP contribution >= 0.6 is 0 Å². The zero-order valence-corrected chi connectivity index (χ0v) is 5.60. The van der Waals surface area contributed by atoms with Gasteiger partial charge in [0.25, 0.3) is 0 Å². The molecule has 0 aromatic rings. The number of hydrogen-bond acceptors (Lipinski definition) is 2. The fourth-order valence-electron chi connectivity index (χ4n) is 0.405. The second-order valence-corrected chi connectivity index (χ2v) is 1.72. The third-order valence-electron chi connectivity index (χ3n) is 0.575. The van der Waals surface area contributed by atoms with Crippen molar-refractivity contribution < 1.29 is 28.8 Å². The molecular weight excluding hydrogens is 99.0 g/mol. The van der Waals surface area contributed by atoms with E-state index in [0.29, 0.717) is 0 Å². The normalized spacial score (nSPS) is 11.9. The van der Waals surface area contributed by atoms with Crippen molar-refractivity contribution in [3.63, 3.8) is 0 Å². The summed E-state index contributed by atoms with van der Waals surface area (Å²) in [6.07, 6.45) is -0.558. The van der Waals surface area contributed by atoms with Crippen LogP contribution in [-0.2, 0) is 4.79 Å². The van der Waals surface area contributed by atoms with Crippen LogP contribution < -0.4 is 24.0 Å². The van der Waals surface area contributed by atoms with Gasteiger partial charge in [-0.25, -0.2) is 0 Å². The molecule has 0 saturated heterocycles. The van der Waals surface area contributed by atoms with Crippen molar-refractivity contribution in [3.8, 4) is 0 Å². The smallest absolute Gasteiger partial charge is 0.852 e. The van der Waals surface area contributed by atoms with Gasteiger partial charge < -0.3 is 9.90 Å². The van der Waals surface area contributed by atoms with Crippen molar-refractivity contribution in [1.82, 2.24) is 0 Å². The van der Waals surface area contributed by atoms with E-state index < -0.39 is 6.10 Å². The van der Waals surface area contributed by atoms with Gasteiger partial charge in [-0.15, -0.1) is 6.10 Å². The second kappa shape index (κ2) is 5.37. The molecule has 0 spiro atoms. The molecule has 0 aromatic carbocycles. The van der Waals surface area contributed by atoms with Gasteiger partial charge >= 0.3 is 18.9 Å². The van der Waals surface area contributed by atoms with Crippen molar-refractivity contribution in [3.05, 3.63) is 0 Å². The van der Waals surface area contributed by atoms with Crippen molar-refractivity contribution >= 4 is 5.78 Å². The van der Waals surface area contributed by atoms with Gasteiger partial charge in [0.2, 0.25) is 0 Å². The first-order valence-corrected chi connectivity index (χ1v) is 2.28. The number of ketones is 1. The molecule has 8 heavy (non-hydrogen) atoms. The van der Waals surface area contributed by atoms with E-state index in [4.69, 9.17) is 0 Å². The van der Waals surface area contributed by atoms with Gasteiger partial charge in [0.05, 0.1) is 0 Å². The van der Waals surface area contributed by atoms with Crippen LogP contribution in [-0.4, -0.2) is 11.9 Å². The predicted molar refractivity (Wildman–Crippen MR) is 24.8 cm³/mol. The topological polar surface area (TPSA) is 40.1 Å². The summed E-state index contributed by atoms with van der Waals surface area (Å²) in [6, 6.07) is 0. The van der Waals surface area contributed by atoms with E-state index in [0.717, 1.165) is 0 Å². The van der Waals surface area contributed by atoms with Crippen molar-refractivity contribution in [2.45, 2.75) is 26.4 Å². The van der Waals surface area contributed by atoms with E-state index in [1.807, 2.05) is 0 Å². The molecule has 2 nitrogen and oxygen atoms in total. The second-order valence-electron chi connectivity index (χ2n) is 1.72. The summed E-state index contributed by atoms with van der Waals surface area (Å²) in [7, 11) is 0. The van der Waals surface area contributed by atoms with Crippen LogP contribution in [0.4, 0.5) is 0 Å². The first-order valence-electron chi connectivity index (χ1n) is 2.28. The van der Waals surface area contributed by atoms with Crippen molar-refractivity contribution in [2.24, 2.45) is 0 Å². The van der Waals surface area contributed by atoms with Gasteiger partial charge in [0, 0.05) is 0 Å². The van der Waals surface area contributed by atoms with Gasteiger partial charge in [-0.3, -0.25) is 0 Å². The van der Waals surface area contributed by atoms with Crippen LogP contribution in [0.1, 0.15) is 20.3 Å². The molecule has 42 valence electrons. The molecule has 0 heterocycles. The molecule has 0 aliphatic rings. The Balaban J connectivity index is 0. The molecule has 1 unspecified atom stereocenters. The van der Waals surface area contributed by atoms with Crippen molar-refractivity contribution in [1.29, 1.82) is 0 Å². The molecule has 0 rings (SSSR count). The zero-order chi connectivity index (χ0) is 5.86. The Morgan fingerprint density at radius 1 is 1.75 bits per heavy atom. The van der Waals surface area contributed by atoms with E-state index in [1.165, 1.54) is 13.8 Å². The SMILES string of the molecule is CC(=O)CC(C)[O-].[Li+]. The van der Waals surface area contributed by atoms with E-state index in [2.05, 4.69) is 0 Å². The zero-order valence-electron chi connectivity index (χ0n) is 5.60. The minimum absolute atomic E-state index is 0. The molecule has 1 atom stereocenters. The molecule has 0 saturated carbocycles. The molecule has 0 fully saturated rings. The summed E-state index contributed by atoms with van der Waals surface area (Å²) in [4.78, 5) is 10.1. The monoisotopic (exact) mass is 108 g/mol. The van der Waals surface area contributed by atoms with E-state index >= 15 is 0 Å². The average Bonchev–Trinajstić information content (AvgIpc) is 1.27. The minimum Gasteiger partial charge on any atom is -0.852 e. The Hall–Kier alpha value is 0.227. The van der Waals surface area contributed by atoms with Gasteiger partial charge in [-0.2, -0.15) is 0 Å². The summed E-state index contributed by atoms with van der Waals surface area (Å²) >= 11 is 0. The molecule has 0 N–H and O–H groups in total. The molecule has 0 amide bonds. The average molecular weight is 108 g/mol. The number of carbonyl (C=O) groups is 1. The quantitative estimate of drug-likeness (QED) is 0.348. The summed E-state index contributed by atoms with van der Waals surface area (Å²) < 4.78 is 0. The Morgan fingerprint density at radius 3 is 2.12 bits per heavy atom. The van der Waals surface area contributed by atoms with E-state index in [1.54, 1.807) is 0 Å². The third-order valence-corrected chi connectivity index (χ3v) is 0.575.